The number of nitrogens with one attached hydrogen (secondary N) is 1. The summed E-state index contributed by atoms with van der Waals surface area (Å²) in [6.45, 7) is 3.70. The minimum absolute atomic E-state index is 0.301. The third-order valence-corrected chi connectivity index (χ3v) is 3.16. The molecule has 5 heteroatoms. The third kappa shape index (κ3) is 4.18. The van der Waals surface area contributed by atoms with Gasteiger partial charge in [0.15, 0.2) is 6.10 Å². The Kier molecular flexibility index (Phi) is 4.72. The van der Waals surface area contributed by atoms with Gasteiger partial charge in [0.25, 0.3) is 5.91 Å². The molecule has 1 aromatic rings. The van der Waals surface area contributed by atoms with Crippen molar-refractivity contribution in [2.24, 2.45) is 5.10 Å². The lowest BCUT2D eigenvalue weighted by atomic mass is 10.2. The average molecular weight is 283 g/mol. The number of benzene rings is 1. The number of carbonyl (C=O) groups excluding carboxylic acids is 1. The number of carbonyl (C=O) groups is 1. The molecule has 0 aromatic heterocycles. The lowest BCUT2D eigenvalue weighted by molar-refractivity contribution is -0.127. The fourth-order valence-electron chi connectivity index (χ4n) is 1.93. The van der Waals surface area contributed by atoms with Crippen molar-refractivity contribution in [3.05, 3.63) is 41.5 Å². The summed E-state index contributed by atoms with van der Waals surface area (Å²) >= 11 is 0. The second-order valence-corrected chi connectivity index (χ2v) is 4.97. The Labute approximate surface area is 123 Å². The molecule has 1 aliphatic carbocycles. The number of hydrazone groups is 1. The Morgan fingerprint density at radius 2 is 2.10 bits per heavy atom. The van der Waals surface area contributed by atoms with Gasteiger partial charge in [0, 0.05) is 0 Å². The largest absolute Gasteiger partial charge is 0.481 e. The maximum Gasteiger partial charge on any atom is 0.280 e. The van der Waals surface area contributed by atoms with E-state index in [9.17, 15) is 4.79 Å². The van der Waals surface area contributed by atoms with Gasteiger partial charge in [0.05, 0.1) is 17.3 Å². The summed E-state index contributed by atoms with van der Waals surface area (Å²) in [5.41, 5.74) is 5.21. The predicted octanol–water partition coefficient (Wildman–Crippen LogP) is 2.54. The van der Waals surface area contributed by atoms with Crippen LogP contribution >= 0.6 is 0 Å². The Morgan fingerprint density at radius 1 is 1.38 bits per heavy atom. The first-order valence-corrected chi connectivity index (χ1v) is 6.79. The zero-order valence-electron chi connectivity index (χ0n) is 12.1. The van der Waals surface area contributed by atoms with Gasteiger partial charge in [0.2, 0.25) is 0 Å². The Morgan fingerprint density at radius 3 is 2.67 bits per heavy atom. The molecule has 1 amide bonds. The van der Waals surface area contributed by atoms with Crippen LogP contribution in [0, 0.1) is 11.3 Å². The molecule has 1 aromatic carbocycles. The van der Waals surface area contributed by atoms with Crippen molar-refractivity contribution in [1.29, 1.82) is 5.26 Å². The van der Waals surface area contributed by atoms with E-state index in [1.54, 1.807) is 31.2 Å². The molecule has 0 fully saturated rings. The normalized spacial score (nSPS) is 17.0. The predicted molar refractivity (Wildman–Crippen MR) is 79.8 cm³/mol. The molecule has 0 saturated carbocycles. The summed E-state index contributed by atoms with van der Waals surface area (Å²) in [7, 11) is 0. The highest BCUT2D eigenvalue weighted by Gasteiger charge is 2.15. The van der Waals surface area contributed by atoms with Crippen molar-refractivity contribution in [3.8, 4) is 11.8 Å². The first-order valence-electron chi connectivity index (χ1n) is 6.79. The number of rotatable bonds is 4. The van der Waals surface area contributed by atoms with E-state index in [0.717, 1.165) is 18.6 Å². The highest BCUT2D eigenvalue weighted by Crippen LogP contribution is 2.15. The van der Waals surface area contributed by atoms with E-state index in [2.05, 4.69) is 10.5 Å². The lowest BCUT2D eigenvalue weighted by Crippen LogP contribution is -2.33. The first-order chi connectivity index (χ1) is 10.1. The molecule has 1 N–H and O–H groups in total. The Bertz CT molecular complexity index is 624. The van der Waals surface area contributed by atoms with Crippen molar-refractivity contribution < 1.29 is 9.53 Å². The molecule has 5 nitrogen and oxygen atoms in total. The van der Waals surface area contributed by atoms with Gasteiger partial charge >= 0.3 is 0 Å². The first kappa shape index (κ1) is 14.8. The summed E-state index contributed by atoms with van der Waals surface area (Å²) in [4.78, 5) is 11.9. The van der Waals surface area contributed by atoms with Crippen LogP contribution in [0.2, 0.25) is 0 Å². The maximum atomic E-state index is 11.9. The second kappa shape index (κ2) is 6.71. The molecular weight excluding hydrogens is 266 g/mol. The number of nitrogens with zero attached hydrogens (tertiary/aromatic N) is 2. The zero-order valence-corrected chi connectivity index (χ0v) is 12.1. The molecule has 0 radical (unpaired) electrons. The van der Waals surface area contributed by atoms with Gasteiger partial charge in [-0.1, -0.05) is 5.57 Å². The van der Waals surface area contributed by atoms with E-state index in [1.165, 1.54) is 5.57 Å². The van der Waals surface area contributed by atoms with Gasteiger partial charge in [-0.3, -0.25) is 4.79 Å². The molecule has 108 valence electrons. The number of nitriles is 1. The van der Waals surface area contributed by atoms with Crippen molar-refractivity contribution in [3.63, 3.8) is 0 Å². The molecule has 0 saturated heterocycles. The van der Waals surface area contributed by atoms with Crippen LogP contribution in [0.4, 0.5) is 0 Å². The van der Waals surface area contributed by atoms with Crippen LogP contribution < -0.4 is 10.2 Å². The summed E-state index contributed by atoms with van der Waals surface area (Å²) < 4.78 is 5.51. The Balaban J connectivity index is 1.89. The lowest BCUT2D eigenvalue weighted by Gasteiger charge is -2.13. The molecule has 0 bridgehead atoms. The van der Waals surface area contributed by atoms with E-state index >= 15 is 0 Å². The highest BCUT2D eigenvalue weighted by atomic mass is 16.5. The van der Waals surface area contributed by atoms with Crippen LogP contribution in [-0.4, -0.2) is 17.7 Å². The molecule has 1 aliphatic rings. The van der Waals surface area contributed by atoms with Gasteiger partial charge in [-0.15, -0.1) is 0 Å². The molecular formula is C16H17N3O2. The van der Waals surface area contributed by atoms with Crippen molar-refractivity contribution >= 4 is 11.6 Å². The minimum atomic E-state index is -0.659. The maximum absolute atomic E-state index is 11.9. The monoisotopic (exact) mass is 283 g/mol. The molecule has 1 atom stereocenters. The zero-order chi connectivity index (χ0) is 15.2. The van der Waals surface area contributed by atoms with Gasteiger partial charge in [-0.2, -0.15) is 10.4 Å². The molecule has 21 heavy (non-hydrogen) atoms. The van der Waals surface area contributed by atoms with Crippen molar-refractivity contribution in [1.82, 2.24) is 5.43 Å². The van der Waals surface area contributed by atoms with Gasteiger partial charge in [-0.25, -0.2) is 5.43 Å². The van der Waals surface area contributed by atoms with Crippen molar-refractivity contribution in [2.45, 2.75) is 32.8 Å². The van der Waals surface area contributed by atoms with E-state index in [1.807, 2.05) is 19.1 Å². The van der Waals surface area contributed by atoms with Crippen LogP contribution in [0.25, 0.3) is 0 Å². The van der Waals surface area contributed by atoms with Gasteiger partial charge < -0.3 is 4.74 Å². The summed E-state index contributed by atoms with van der Waals surface area (Å²) in [5.74, 6) is 0.241. The molecule has 0 aliphatic heterocycles. The number of hydrogen-bond donors (Lipinski definition) is 1. The van der Waals surface area contributed by atoms with Gasteiger partial charge in [0.1, 0.15) is 5.75 Å². The molecule has 1 unspecified atom stereocenters. The SMILES string of the molecule is CC1=C/C(=N/NC(=O)C(C)Oc2ccc(C#N)cc2)CC1. The third-order valence-electron chi connectivity index (χ3n) is 3.16. The van der Waals surface area contributed by atoms with E-state index < -0.39 is 6.10 Å². The average Bonchev–Trinajstić information content (AvgIpc) is 2.91. The highest BCUT2D eigenvalue weighted by molar-refractivity contribution is 5.98. The number of ether oxygens (including phenoxy) is 1. The van der Waals surface area contributed by atoms with Crippen molar-refractivity contribution in [2.75, 3.05) is 0 Å². The summed E-state index contributed by atoms with van der Waals surface area (Å²) in [6.07, 6.45) is 3.17. The number of hydrogen-bond acceptors (Lipinski definition) is 4. The minimum Gasteiger partial charge on any atom is -0.481 e. The topological polar surface area (TPSA) is 74.5 Å². The van der Waals surface area contributed by atoms with E-state index in [-0.39, 0.29) is 5.91 Å². The Hall–Kier alpha value is -2.61. The molecule has 2 rings (SSSR count). The van der Waals surface area contributed by atoms with Crippen LogP contribution in [0.15, 0.2) is 41.0 Å². The van der Waals surface area contributed by atoms with Crippen LogP contribution in [0.5, 0.6) is 5.75 Å². The molecule has 0 heterocycles. The van der Waals surface area contributed by atoms with Crippen LogP contribution in [0.3, 0.4) is 0 Å². The van der Waals surface area contributed by atoms with E-state index in [0.29, 0.717) is 11.3 Å². The quantitative estimate of drug-likeness (QED) is 0.863. The van der Waals surface area contributed by atoms with Gasteiger partial charge in [-0.05, 0) is 57.0 Å². The van der Waals surface area contributed by atoms with E-state index in [4.69, 9.17) is 10.00 Å². The number of allylic oxidation sites excluding steroid dienone is 2. The number of amides is 1. The summed E-state index contributed by atoms with van der Waals surface area (Å²) in [6, 6.07) is 8.65. The fourth-order valence-corrected chi connectivity index (χ4v) is 1.93. The standard InChI is InChI=1S/C16H17N3O2/c1-11-3-6-14(9-11)18-19-16(20)12(2)21-15-7-4-13(10-17)5-8-15/h4-5,7-9,12H,3,6H2,1-2H3,(H,19,20)/b18-14+. The summed E-state index contributed by atoms with van der Waals surface area (Å²) in [5, 5.41) is 12.8. The molecule has 0 spiro atoms. The van der Waals surface area contributed by atoms with Crippen LogP contribution in [-0.2, 0) is 4.79 Å². The smallest absolute Gasteiger partial charge is 0.280 e. The fraction of sp³-hybridized carbons (Fsp3) is 0.312. The van der Waals surface area contributed by atoms with Crippen LogP contribution in [0.1, 0.15) is 32.3 Å². The second-order valence-electron chi connectivity index (χ2n) is 4.97.